The lowest BCUT2D eigenvalue weighted by atomic mass is 10.0. The number of halogens is 3. The molecule has 0 saturated heterocycles. The largest absolute Gasteiger partial charge is 0.448 e. The Balaban J connectivity index is 1.93. The van der Waals surface area contributed by atoms with Gasteiger partial charge < -0.3 is 4.74 Å². The van der Waals surface area contributed by atoms with E-state index in [2.05, 4.69) is 5.29 Å². The molecule has 1 saturated carbocycles. The average molecular weight is 378 g/mol. The first-order valence-electron chi connectivity index (χ1n) is 8.39. The first kappa shape index (κ1) is 18.9. The molecule has 2 aromatic rings. The standard InChI is InChI=1S/C19H17F3N2O3/c1-2-27-18(25)24(23-26)17-15(12-6-4-3-5-7-12)16(17)13-8-10-14(11-9-13)19(20,21)22/h3-11,15-17H,2H2,1H3/t15-,16-,17?/m0/s1. The van der Waals surface area contributed by atoms with Gasteiger partial charge in [0.1, 0.15) is 0 Å². The van der Waals surface area contributed by atoms with Crippen LogP contribution in [0.15, 0.2) is 59.9 Å². The van der Waals surface area contributed by atoms with Crippen molar-refractivity contribution in [1.82, 2.24) is 5.01 Å². The van der Waals surface area contributed by atoms with Crippen molar-refractivity contribution in [2.45, 2.75) is 31.0 Å². The third-order valence-corrected chi connectivity index (χ3v) is 4.61. The molecule has 0 aliphatic heterocycles. The van der Waals surface area contributed by atoms with E-state index >= 15 is 0 Å². The fourth-order valence-electron chi connectivity index (χ4n) is 3.38. The highest BCUT2D eigenvalue weighted by Gasteiger charge is 2.58. The Morgan fingerprint density at radius 1 is 1.04 bits per heavy atom. The van der Waals surface area contributed by atoms with Gasteiger partial charge in [0, 0.05) is 11.8 Å². The Kier molecular flexibility index (Phi) is 5.16. The van der Waals surface area contributed by atoms with Crippen LogP contribution in [0, 0.1) is 4.91 Å². The normalized spacial score (nSPS) is 21.4. The van der Waals surface area contributed by atoms with Gasteiger partial charge in [0.05, 0.1) is 23.5 Å². The number of ether oxygens (including phenoxy) is 1. The summed E-state index contributed by atoms with van der Waals surface area (Å²) in [4.78, 5) is 23.3. The van der Waals surface area contributed by atoms with E-state index in [1.54, 1.807) is 6.92 Å². The Labute approximate surface area is 153 Å². The van der Waals surface area contributed by atoms with Crippen LogP contribution in [0.3, 0.4) is 0 Å². The number of carbonyl (C=O) groups is 1. The molecule has 5 nitrogen and oxygen atoms in total. The summed E-state index contributed by atoms with van der Waals surface area (Å²) in [5, 5.41) is 3.55. The molecule has 1 amide bonds. The predicted molar refractivity (Wildman–Crippen MR) is 91.8 cm³/mol. The van der Waals surface area contributed by atoms with Crippen molar-refractivity contribution in [3.05, 3.63) is 76.2 Å². The van der Waals surface area contributed by atoms with Crippen LogP contribution < -0.4 is 0 Å². The zero-order valence-electron chi connectivity index (χ0n) is 14.4. The molecule has 27 heavy (non-hydrogen) atoms. The number of nitroso groups, excluding NO2 is 1. The van der Waals surface area contributed by atoms with Gasteiger partial charge in [-0.15, -0.1) is 4.91 Å². The minimum Gasteiger partial charge on any atom is -0.448 e. The van der Waals surface area contributed by atoms with Gasteiger partial charge in [0.25, 0.3) is 0 Å². The summed E-state index contributed by atoms with van der Waals surface area (Å²) in [5.41, 5.74) is 0.709. The molecule has 0 spiro atoms. The van der Waals surface area contributed by atoms with Gasteiger partial charge in [-0.25, -0.2) is 4.79 Å². The number of hydrogen-bond acceptors (Lipinski definition) is 4. The third-order valence-electron chi connectivity index (χ3n) is 4.61. The number of nitrogens with zero attached hydrogens (tertiary/aromatic N) is 2. The smallest absolute Gasteiger partial charge is 0.433 e. The molecule has 0 radical (unpaired) electrons. The zero-order chi connectivity index (χ0) is 19.6. The van der Waals surface area contributed by atoms with E-state index in [0.717, 1.165) is 22.7 Å². The van der Waals surface area contributed by atoms with E-state index in [-0.39, 0.29) is 18.4 Å². The van der Waals surface area contributed by atoms with Gasteiger partial charge in [-0.3, -0.25) is 0 Å². The van der Waals surface area contributed by atoms with Gasteiger partial charge in [0.2, 0.25) is 0 Å². The maximum atomic E-state index is 12.8. The van der Waals surface area contributed by atoms with Gasteiger partial charge in [0.15, 0.2) is 0 Å². The van der Waals surface area contributed by atoms with Crippen molar-refractivity contribution in [1.29, 1.82) is 0 Å². The third kappa shape index (κ3) is 3.79. The van der Waals surface area contributed by atoms with Gasteiger partial charge >= 0.3 is 12.3 Å². The fourth-order valence-corrected chi connectivity index (χ4v) is 3.38. The molecule has 1 aliphatic carbocycles. The van der Waals surface area contributed by atoms with Crippen molar-refractivity contribution >= 4 is 6.09 Å². The van der Waals surface area contributed by atoms with Gasteiger partial charge in [-0.2, -0.15) is 18.2 Å². The zero-order valence-corrected chi connectivity index (χ0v) is 14.4. The monoisotopic (exact) mass is 378 g/mol. The molecule has 0 bridgehead atoms. The number of alkyl halides is 3. The summed E-state index contributed by atoms with van der Waals surface area (Å²) in [7, 11) is 0. The highest BCUT2D eigenvalue weighted by Crippen LogP contribution is 2.58. The summed E-state index contributed by atoms with van der Waals surface area (Å²) in [6.45, 7) is 1.69. The Morgan fingerprint density at radius 3 is 2.07 bits per heavy atom. The van der Waals surface area contributed by atoms with Crippen LogP contribution in [-0.4, -0.2) is 23.8 Å². The second-order valence-corrected chi connectivity index (χ2v) is 6.20. The molecule has 2 aromatic carbocycles. The lowest BCUT2D eigenvalue weighted by Gasteiger charge is -2.13. The van der Waals surface area contributed by atoms with Crippen molar-refractivity contribution < 1.29 is 22.7 Å². The topological polar surface area (TPSA) is 59.0 Å². The fraction of sp³-hybridized carbons (Fsp3) is 0.316. The molecule has 1 fully saturated rings. The lowest BCUT2D eigenvalue weighted by molar-refractivity contribution is -0.137. The Bertz CT molecular complexity index is 809. The summed E-state index contributed by atoms with van der Waals surface area (Å²) >= 11 is 0. The molecule has 1 unspecified atom stereocenters. The summed E-state index contributed by atoms with van der Waals surface area (Å²) < 4.78 is 43.3. The average Bonchev–Trinajstić information content (AvgIpc) is 3.38. The van der Waals surface area contributed by atoms with E-state index in [1.165, 1.54) is 12.1 Å². The second kappa shape index (κ2) is 7.38. The highest BCUT2D eigenvalue weighted by atomic mass is 19.4. The molecule has 1 aliphatic rings. The quantitative estimate of drug-likeness (QED) is 0.538. The molecule has 3 rings (SSSR count). The maximum absolute atomic E-state index is 12.8. The molecule has 0 aromatic heterocycles. The highest BCUT2D eigenvalue weighted by molar-refractivity contribution is 5.69. The van der Waals surface area contributed by atoms with Crippen LogP contribution in [0.5, 0.6) is 0 Å². The first-order valence-corrected chi connectivity index (χ1v) is 8.39. The molecular weight excluding hydrogens is 361 g/mol. The second-order valence-electron chi connectivity index (χ2n) is 6.20. The van der Waals surface area contributed by atoms with E-state index in [4.69, 9.17) is 4.74 Å². The molecule has 142 valence electrons. The van der Waals surface area contributed by atoms with Crippen LogP contribution in [0.25, 0.3) is 0 Å². The van der Waals surface area contributed by atoms with Gasteiger partial charge in [-0.1, -0.05) is 42.5 Å². The number of benzene rings is 2. The maximum Gasteiger partial charge on any atom is 0.433 e. The van der Waals surface area contributed by atoms with E-state index < -0.39 is 23.9 Å². The molecule has 0 N–H and O–H groups in total. The van der Waals surface area contributed by atoms with Crippen LogP contribution in [0.4, 0.5) is 18.0 Å². The van der Waals surface area contributed by atoms with E-state index in [9.17, 15) is 22.9 Å². The molecular formula is C19H17F3N2O3. The van der Waals surface area contributed by atoms with Crippen molar-refractivity contribution in [3.8, 4) is 0 Å². The van der Waals surface area contributed by atoms with Crippen molar-refractivity contribution in [2.24, 2.45) is 5.29 Å². The molecule has 8 heteroatoms. The van der Waals surface area contributed by atoms with Crippen molar-refractivity contribution in [2.75, 3.05) is 6.61 Å². The van der Waals surface area contributed by atoms with Gasteiger partial charge in [-0.05, 0) is 30.2 Å². The molecule has 3 atom stereocenters. The summed E-state index contributed by atoms with van der Waals surface area (Å²) in [5.74, 6) is -0.609. The number of hydrogen-bond donors (Lipinski definition) is 0. The number of amides is 1. The van der Waals surface area contributed by atoms with Crippen LogP contribution in [0.2, 0.25) is 0 Å². The predicted octanol–water partition coefficient (Wildman–Crippen LogP) is 5.09. The SMILES string of the molecule is CCOC(=O)N(N=O)C1[C@@H](c2ccccc2)[C@@H]1c1ccc(C(F)(F)F)cc1. The van der Waals surface area contributed by atoms with Crippen LogP contribution in [-0.2, 0) is 10.9 Å². The van der Waals surface area contributed by atoms with Crippen LogP contribution in [0.1, 0.15) is 35.4 Å². The number of rotatable bonds is 5. The minimum absolute atomic E-state index is 0.0819. The summed E-state index contributed by atoms with van der Waals surface area (Å²) in [6, 6.07) is 13.3. The van der Waals surface area contributed by atoms with E-state index in [1.807, 2.05) is 30.3 Å². The molecule has 0 heterocycles. The minimum atomic E-state index is -4.43. The first-order chi connectivity index (χ1) is 12.9. The summed E-state index contributed by atoms with van der Waals surface area (Å²) in [6.07, 6.45) is -5.30. The van der Waals surface area contributed by atoms with E-state index in [0.29, 0.717) is 5.56 Å². The van der Waals surface area contributed by atoms with Crippen molar-refractivity contribution in [3.63, 3.8) is 0 Å². The Hall–Kier alpha value is -2.90. The number of carbonyl (C=O) groups excluding carboxylic acids is 1. The Morgan fingerprint density at radius 2 is 1.59 bits per heavy atom. The lowest BCUT2D eigenvalue weighted by Crippen LogP contribution is -2.29. The van der Waals surface area contributed by atoms with Crippen LogP contribution >= 0.6 is 0 Å².